The van der Waals surface area contributed by atoms with Crippen molar-refractivity contribution in [3.05, 3.63) is 35.9 Å². The molecule has 126 valence electrons. The predicted molar refractivity (Wildman–Crippen MR) is 89.6 cm³/mol. The molecule has 2 N–H and O–H groups in total. The number of rotatable bonds is 3. The van der Waals surface area contributed by atoms with Crippen LogP contribution < -0.4 is 5.32 Å². The maximum atomic E-state index is 12.5. The number of nitrogens with zero attached hydrogens (tertiary/aromatic N) is 4. The van der Waals surface area contributed by atoms with Crippen molar-refractivity contribution >= 4 is 11.9 Å². The molecule has 3 heterocycles. The van der Waals surface area contributed by atoms with E-state index in [0.29, 0.717) is 23.1 Å². The number of aryl methyl sites for hydroxylation is 1. The van der Waals surface area contributed by atoms with Gasteiger partial charge in [0.05, 0.1) is 0 Å². The largest absolute Gasteiger partial charge is 0.351 e. The molecule has 2 aromatic rings. The summed E-state index contributed by atoms with van der Waals surface area (Å²) in [5, 5.41) is 10.3. The van der Waals surface area contributed by atoms with Crippen molar-refractivity contribution in [1.29, 1.82) is 0 Å². The molecule has 1 aliphatic carbocycles. The minimum Gasteiger partial charge on any atom is -0.351 e. The van der Waals surface area contributed by atoms with E-state index in [1.807, 2.05) is 24.0 Å². The van der Waals surface area contributed by atoms with Crippen LogP contribution in [-0.2, 0) is 0 Å². The van der Waals surface area contributed by atoms with Gasteiger partial charge in [-0.3, -0.25) is 9.89 Å². The van der Waals surface area contributed by atoms with E-state index in [4.69, 9.17) is 0 Å². The monoisotopic (exact) mass is 326 g/mol. The van der Waals surface area contributed by atoms with Gasteiger partial charge >= 0.3 is 0 Å². The van der Waals surface area contributed by atoms with Gasteiger partial charge in [-0.1, -0.05) is 0 Å². The molecule has 0 bridgehead atoms. The van der Waals surface area contributed by atoms with E-state index < -0.39 is 0 Å². The van der Waals surface area contributed by atoms with Crippen molar-refractivity contribution < 1.29 is 4.79 Å². The standard InChI is InChI=1S/C17H22N6O/c1-12-9-14(22-21-12)15(24)23-7-3-17(4-8-23)10-13(11-17)20-16-18-5-2-6-19-16/h2,5-6,9,13H,3-4,7-8,10-11H2,1H3,(H,21,22)(H,18,19,20). The molecule has 24 heavy (non-hydrogen) atoms. The van der Waals surface area contributed by atoms with Crippen LogP contribution in [0.25, 0.3) is 0 Å². The van der Waals surface area contributed by atoms with Crippen molar-refractivity contribution in [3.63, 3.8) is 0 Å². The molecule has 4 rings (SSSR count). The molecule has 0 unspecified atom stereocenters. The summed E-state index contributed by atoms with van der Waals surface area (Å²) >= 11 is 0. The van der Waals surface area contributed by atoms with Gasteiger partial charge in [0.25, 0.3) is 5.91 Å². The number of piperidine rings is 1. The summed E-state index contributed by atoms with van der Waals surface area (Å²) < 4.78 is 0. The lowest BCUT2D eigenvalue weighted by Gasteiger charge is -2.52. The van der Waals surface area contributed by atoms with Crippen LogP contribution in [0.5, 0.6) is 0 Å². The second-order valence-corrected chi connectivity index (χ2v) is 7.05. The average Bonchev–Trinajstić information content (AvgIpc) is 3.01. The number of likely N-dealkylation sites (tertiary alicyclic amines) is 1. The van der Waals surface area contributed by atoms with Crippen molar-refractivity contribution in [2.45, 2.75) is 38.6 Å². The molecule has 2 fully saturated rings. The van der Waals surface area contributed by atoms with Gasteiger partial charge in [-0.05, 0) is 50.2 Å². The maximum Gasteiger partial charge on any atom is 0.274 e. The number of hydrogen-bond donors (Lipinski definition) is 2. The highest BCUT2D eigenvalue weighted by atomic mass is 16.2. The Kier molecular flexibility index (Phi) is 3.70. The molecule has 7 heteroatoms. The zero-order valence-corrected chi connectivity index (χ0v) is 13.8. The van der Waals surface area contributed by atoms with Gasteiger partial charge in [-0.15, -0.1) is 0 Å². The molecule has 0 atom stereocenters. The second-order valence-electron chi connectivity index (χ2n) is 7.05. The molecule has 2 aliphatic rings. The van der Waals surface area contributed by atoms with Crippen LogP contribution in [0.15, 0.2) is 24.5 Å². The molecule has 0 aromatic carbocycles. The molecule has 7 nitrogen and oxygen atoms in total. The van der Waals surface area contributed by atoms with E-state index in [2.05, 4.69) is 25.5 Å². The van der Waals surface area contributed by atoms with Gasteiger partial charge in [0.15, 0.2) is 0 Å². The number of carbonyl (C=O) groups excluding carboxylic acids is 1. The molecule has 1 saturated heterocycles. The van der Waals surface area contributed by atoms with E-state index in [1.165, 1.54) is 0 Å². The summed E-state index contributed by atoms with van der Waals surface area (Å²) in [6, 6.07) is 4.08. The Morgan fingerprint density at radius 2 is 2.00 bits per heavy atom. The third-order valence-electron chi connectivity index (χ3n) is 5.29. The van der Waals surface area contributed by atoms with Crippen molar-refractivity contribution in [3.8, 4) is 0 Å². The van der Waals surface area contributed by atoms with Crippen molar-refractivity contribution in [1.82, 2.24) is 25.1 Å². The fraction of sp³-hybridized carbons (Fsp3) is 0.529. The smallest absolute Gasteiger partial charge is 0.274 e. The first-order chi connectivity index (χ1) is 11.6. The normalized spacial score (nSPS) is 20.0. The minimum atomic E-state index is 0.0425. The highest BCUT2D eigenvalue weighted by Crippen LogP contribution is 2.49. The Balaban J connectivity index is 1.29. The van der Waals surface area contributed by atoms with Gasteiger partial charge in [0.2, 0.25) is 5.95 Å². The van der Waals surface area contributed by atoms with Gasteiger partial charge < -0.3 is 10.2 Å². The van der Waals surface area contributed by atoms with E-state index in [-0.39, 0.29) is 5.91 Å². The summed E-state index contributed by atoms with van der Waals surface area (Å²) in [5.41, 5.74) is 1.82. The van der Waals surface area contributed by atoms with Gasteiger partial charge in [-0.2, -0.15) is 5.10 Å². The first-order valence-electron chi connectivity index (χ1n) is 8.48. The minimum absolute atomic E-state index is 0.0425. The zero-order chi connectivity index (χ0) is 16.6. The van der Waals surface area contributed by atoms with Gasteiger partial charge in [0.1, 0.15) is 5.69 Å². The highest BCUT2D eigenvalue weighted by molar-refractivity contribution is 5.92. The van der Waals surface area contributed by atoms with Crippen LogP contribution in [0.2, 0.25) is 0 Å². The number of nitrogens with one attached hydrogen (secondary N) is 2. The Bertz CT molecular complexity index is 712. The Morgan fingerprint density at radius 1 is 1.29 bits per heavy atom. The molecule has 1 spiro atoms. The average molecular weight is 326 g/mol. The molecule has 1 amide bonds. The quantitative estimate of drug-likeness (QED) is 0.901. The summed E-state index contributed by atoms with van der Waals surface area (Å²) in [7, 11) is 0. The lowest BCUT2D eigenvalue weighted by atomic mass is 9.60. The lowest BCUT2D eigenvalue weighted by molar-refractivity contribution is 0.0215. The molecule has 1 saturated carbocycles. The number of carbonyl (C=O) groups is 1. The Labute approximate surface area is 140 Å². The number of amides is 1. The fourth-order valence-electron chi connectivity index (χ4n) is 3.93. The maximum absolute atomic E-state index is 12.5. The van der Waals surface area contributed by atoms with Crippen LogP contribution >= 0.6 is 0 Å². The first kappa shape index (κ1) is 15.1. The molecular weight excluding hydrogens is 304 g/mol. The second kappa shape index (κ2) is 5.89. The van der Waals surface area contributed by atoms with Crippen LogP contribution in [0, 0.1) is 12.3 Å². The molecular formula is C17H22N6O. The predicted octanol–water partition coefficient (Wildman–Crippen LogP) is 2.01. The van der Waals surface area contributed by atoms with E-state index >= 15 is 0 Å². The molecule has 1 aliphatic heterocycles. The highest BCUT2D eigenvalue weighted by Gasteiger charge is 2.46. The summed E-state index contributed by atoms with van der Waals surface area (Å²) in [6.45, 7) is 3.55. The van der Waals surface area contributed by atoms with Crippen molar-refractivity contribution in [2.75, 3.05) is 18.4 Å². The number of aromatic amines is 1. The van der Waals surface area contributed by atoms with Crippen LogP contribution in [0.4, 0.5) is 5.95 Å². The first-order valence-corrected chi connectivity index (χ1v) is 8.48. The van der Waals surface area contributed by atoms with Crippen LogP contribution in [0.3, 0.4) is 0 Å². The number of hydrogen-bond acceptors (Lipinski definition) is 5. The Hall–Kier alpha value is -2.44. The fourth-order valence-corrected chi connectivity index (χ4v) is 3.93. The Morgan fingerprint density at radius 3 is 2.62 bits per heavy atom. The third-order valence-corrected chi connectivity index (χ3v) is 5.29. The van der Waals surface area contributed by atoms with Crippen LogP contribution in [0.1, 0.15) is 41.9 Å². The third kappa shape index (κ3) is 2.86. The van der Waals surface area contributed by atoms with E-state index in [0.717, 1.165) is 44.5 Å². The molecule has 2 aromatic heterocycles. The van der Waals surface area contributed by atoms with E-state index in [1.54, 1.807) is 12.4 Å². The number of H-pyrrole nitrogens is 1. The van der Waals surface area contributed by atoms with E-state index in [9.17, 15) is 4.79 Å². The SMILES string of the molecule is Cc1cc(C(=O)N2CCC3(CC2)CC(Nc2ncccn2)C3)n[nH]1. The summed E-state index contributed by atoms with van der Waals surface area (Å²) in [4.78, 5) is 22.8. The van der Waals surface area contributed by atoms with Gasteiger partial charge in [-0.25, -0.2) is 9.97 Å². The lowest BCUT2D eigenvalue weighted by Crippen LogP contribution is -2.52. The number of anilines is 1. The van der Waals surface area contributed by atoms with Crippen LogP contribution in [-0.4, -0.2) is 50.1 Å². The topological polar surface area (TPSA) is 86.8 Å². The number of aromatic nitrogens is 4. The zero-order valence-electron chi connectivity index (χ0n) is 13.8. The van der Waals surface area contributed by atoms with Crippen molar-refractivity contribution in [2.24, 2.45) is 5.41 Å². The van der Waals surface area contributed by atoms with Gasteiger partial charge in [0, 0.05) is 37.2 Å². The summed E-state index contributed by atoms with van der Waals surface area (Å²) in [5.74, 6) is 0.750. The molecule has 0 radical (unpaired) electrons. The summed E-state index contributed by atoms with van der Waals surface area (Å²) in [6.07, 6.45) is 7.91.